The summed E-state index contributed by atoms with van der Waals surface area (Å²) in [5.74, 6) is 0.469. The van der Waals surface area contributed by atoms with Gasteiger partial charge in [-0.3, -0.25) is 0 Å². The molecule has 4 heteroatoms. The molecule has 0 amide bonds. The average molecular weight is 216 g/mol. The summed E-state index contributed by atoms with van der Waals surface area (Å²) in [6, 6.07) is 7.15. The van der Waals surface area contributed by atoms with Crippen LogP contribution in [0.25, 0.3) is 0 Å². The van der Waals surface area contributed by atoms with Crippen LogP contribution in [0.1, 0.15) is 5.56 Å². The van der Waals surface area contributed by atoms with E-state index >= 15 is 0 Å². The zero-order valence-electron chi connectivity index (χ0n) is 5.66. The van der Waals surface area contributed by atoms with E-state index in [-0.39, 0.29) is 0 Å². The standard InChI is InChI=1S/C7H6BrNO2/c8-5-6-2-1-3-7(4-6)11-9-10/h1-4H,5H2. The summed E-state index contributed by atoms with van der Waals surface area (Å²) >= 11 is 3.28. The molecule has 0 aliphatic carbocycles. The van der Waals surface area contributed by atoms with Crippen LogP contribution in [-0.4, -0.2) is 0 Å². The Morgan fingerprint density at radius 1 is 1.55 bits per heavy atom. The zero-order chi connectivity index (χ0) is 8.10. The second-order valence-corrected chi connectivity index (χ2v) is 2.51. The van der Waals surface area contributed by atoms with Gasteiger partial charge in [0.25, 0.3) is 0 Å². The molecule has 1 aromatic rings. The highest BCUT2D eigenvalue weighted by molar-refractivity contribution is 9.08. The van der Waals surface area contributed by atoms with Crippen molar-refractivity contribution in [3.63, 3.8) is 0 Å². The number of hydrogen-bond acceptors (Lipinski definition) is 3. The highest BCUT2D eigenvalue weighted by Gasteiger charge is 1.94. The van der Waals surface area contributed by atoms with Gasteiger partial charge in [-0.2, -0.15) is 0 Å². The van der Waals surface area contributed by atoms with Crippen molar-refractivity contribution in [1.29, 1.82) is 0 Å². The van der Waals surface area contributed by atoms with Gasteiger partial charge >= 0.3 is 0 Å². The number of hydrogen-bond donors (Lipinski definition) is 0. The van der Waals surface area contributed by atoms with Gasteiger partial charge in [-0.25, -0.2) is 0 Å². The fourth-order valence-corrected chi connectivity index (χ4v) is 1.08. The number of benzene rings is 1. The van der Waals surface area contributed by atoms with Crippen LogP contribution in [0.2, 0.25) is 0 Å². The van der Waals surface area contributed by atoms with Gasteiger partial charge in [0.05, 0.1) is 0 Å². The molecule has 0 unspecified atom stereocenters. The van der Waals surface area contributed by atoms with E-state index in [4.69, 9.17) is 0 Å². The lowest BCUT2D eigenvalue weighted by atomic mass is 10.2. The number of alkyl halides is 1. The van der Waals surface area contributed by atoms with Crippen LogP contribution in [0.5, 0.6) is 5.75 Å². The van der Waals surface area contributed by atoms with Gasteiger partial charge in [0, 0.05) is 5.33 Å². The Labute approximate surface area is 72.4 Å². The first-order valence-electron chi connectivity index (χ1n) is 3.01. The van der Waals surface area contributed by atoms with Gasteiger partial charge in [0.1, 0.15) is 0 Å². The summed E-state index contributed by atoms with van der Waals surface area (Å²) in [7, 11) is 0. The zero-order valence-corrected chi connectivity index (χ0v) is 7.24. The van der Waals surface area contributed by atoms with Crippen molar-refractivity contribution in [2.24, 2.45) is 5.34 Å². The van der Waals surface area contributed by atoms with Crippen LogP contribution in [0.4, 0.5) is 0 Å². The SMILES string of the molecule is O=NOc1cccc(CBr)c1. The maximum absolute atomic E-state index is 9.69. The minimum absolute atomic E-state index is 0.469. The summed E-state index contributed by atoms with van der Waals surface area (Å²) in [5, 5.41) is 3.06. The van der Waals surface area contributed by atoms with Crippen molar-refractivity contribution in [1.82, 2.24) is 0 Å². The predicted molar refractivity (Wildman–Crippen MR) is 45.5 cm³/mol. The van der Waals surface area contributed by atoms with E-state index < -0.39 is 0 Å². The Hall–Kier alpha value is -0.900. The molecule has 0 heterocycles. The van der Waals surface area contributed by atoms with Gasteiger partial charge in [0.15, 0.2) is 11.1 Å². The number of nitrogens with zero attached hydrogens (tertiary/aromatic N) is 1. The Kier molecular flexibility index (Phi) is 3.04. The van der Waals surface area contributed by atoms with E-state index in [1.54, 1.807) is 18.2 Å². The number of rotatable bonds is 3. The second-order valence-electron chi connectivity index (χ2n) is 1.95. The molecule has 0 aromatic heterocycles. The average Bonchev–Trinajstić information content (AvgIpc) is 2.06. The van der Waals surface area contributed by atoms with E-state index in [0.717, 1.165) is 10.9 Å². The summed E-state index contributed by atoms with van der Waals surface area (Å²) in [6.45, 7) is 0. The Balaban J connectivity index is 2.82. The van der Waals surface area contributed by atoms with Crippen LogP contribution in [0, 0.1) is 4.91 Å². The number of halogens is 1. The highest BCUT2D eigenvalue weighted by Crippen LogP contribution is 2.15. The molecular formula is C7H6BrNO2. The van der Waals surface area contributed by atoms with E-state index in [1.807, 2.05) is 6.07 Å². The van der Waals surface area contributed by atoms with Crippen LogP contribution in [-0.2, 0) is 5.33 Å². The Morgan fingerprint density at radius 2 is 2.36 bits per heavy atom. The molecule has 58 valence electrons. The molecule has 0 bridgehead atoms. The molecule has 0 aliphatic heterocycles. The summed E-state index contributed by atoms with van der Waals surface area (Å²) < 4.78 is 0. The smallest absolute Gasteiger partial charge is 0.161 e. The maximum atomic E-state index is 9.69. The quantitative estimate of drug-likeness (QED) is 0.442. The molecule has 0 N–H and O–H groups in total. The van der Waals surface area contributed by atoms with Crippen LogP contribution < -0.4 is 4.84 Å². The molecular weight excluding hydrogens is 210 g/mol. The molecule has 1 aromatic carbocycles. The fraction of sp³-hybridized carbons (Fsp3) is 0.143. The third-order valence-electron chi connectivity index (χ3n) is 1.20. The predicted octanol–water partition coefficient (Wildman–Crippen LogP) is 2.64. The molecule has 0 aliphatic rings. The summed E-state index contributed by atoms with van der Waals surface area (Å²) in [5.41, 5.74) is 1.05. The van der Waals surface area contributed by atoms with Crippen LogP contribution in [0.3, 0.4) is 0 Å². The lowest BCUT2D eigenvalue weighted by Crippen LogP contribution is -1.82. The molecule has 0 saturated heterocycles. The normalized spacial score (nSPS) is 9.18. The first-order chi connectivity index (χ1) is 5.36. The first kappa shape index (κ1) is 8.20. The Morgan fingerprint density at radius 3 is 3.00 bits per heavy atom. The Bertz CT molecular complexity index is 252. The van der Waals surface area contributed by atoms with E-state index in [1.165, 1.54) is 0 Å². The topological polar surface area (TPSA) is 38.7 Å². The van der Waals surface area contributed by atoms with Crippen molar-refractivity contribution in [3.8, 4) is 5.75 Å². The highest BCUT2D eigenvalue weighted by atomic mass is 79.9. The third-order valence-corrected chi connectivity index (χ3v) is 1.84. The van der Waals surface area contributed by atoms with E-state index in [0.29, 0.717) is 5.75 Å². The largest absolute Gasteiger partial charge is 0.324 e. The van der Waals surface area contributed by atoms with Crippen LogP contribution >= 0.6 is 15.9 Å². The molecule has 0 atom stereocenters. The monoisotopic (exact) mass is 215 g/mol. The van der Waals surface area contributed by atoms with Gasteiger partial charge in [-0.1, -0.05) is 28.1 Å². The lowest BCUT2D eigenvalue weighted by Gasteiger charge is -1.96. The molecule has 1 rings (SSSR count). The van der Waals surface area contributed by atoms with Crippen molar-refractivity contribution in [2.45, 2.75) is 5.33 Å². The first-order valence-corrected chi connectivity index (χ1v) is 4.13. The van der Waals surface area contributed by atoms with Gasteiger partial charge in [0.2, 0.25) is 0 Å². The van der Waals surface area contributed by atoms with Crippen molar-refractivity contribution in [2.75, 3.05) is 0 Å². The summed E-state index contributed by atoms with van der Waals surface area (Å²) in [6.07, 6.45) is 0. The van der Waals surface area contributed by atoms with Gasteiger partial charge < -0.3 is 4.84 Å². The molecule has 0 radical (unpaired) electrons. The van der Waals surface area contributed by atoms with Crippen molar-refractivity contribution < 1.29 is 4.84 Å². The summed E-state index contributed by atoms with van der Waals surface area (Å²) in [4.78, 5) is 14.1. The second kappa shape index (κ2) is 4.08. The van der Waals surface area contributed by atoms with E-state index in [9.17, 15) is 4.91 Å². The minimum Gasteiger partial charge on any atom is -0.324 e. The lowest BCUT2D eigenvalue weighted by molar-refractivity contribution is 0.334. The van der Waals surface area contributed by atoms with Crippen molar-refractivity contribution >= 4 is 15.9 Å². The van der Waals surface area contributed by atoms with Crippen LogP contribution in [0.15, 0.2) is 29.6 Å². The van der Waals surface area contributed by atoms with Gasteiger partial charge in [-0.15, -0.1) is 4.91 Å². The van der Waals surface area contributed by atoms with Gasteiger partial charge in [-0.05, 0) is 17.7 Å². The van der Waals surface area contributed by atoms with Crippen molar-refractivity contribution in [3.05, 3.63) is 34.7 Å². The molecule has 11 heavy (non-hydrogen) atoms. The minimum atomic E-state index is 0.469. The maximum Gasteiger partial charge on any atom is 0.161 e. The molecule has 0 saturated carbocycles. The molecule has 3 nitrogen and oxygen atoms in total. The molecule has 0 spiro atoms. The molecule has 0 fully saturated rings. The fourth-order valence-electron chi connectivity index (χ4n) is 0.728. The third kappa shape index (κ3) is 2.31. The van der Waals surface area contributed by atoms with E-state index in [2.05, 4.69) is 26.1 Å².